The second kappa shape index (κ2) is 13.1. The standard InChI is InChI=1S/C26H36ClN5O2S/c1-4-15-31(16-5-2)17-6-13-30-35(33,34)26-12-9-23(19-25(26)27)29-20-22-7-10-24(11-8-22)32-18-14-28-21(32)3/h7-12,14,18-19,29-30H,4-6,13,15-17,20H2,1-3H3. The summed E-state index contributed by atoms with van der Waals surface area (Å²) in [4.78, 5) is 6.72. The molecule has 1 aromatic heterocycles. The molecule has 0 bridgehead atoms. The number of aromatic nitrogens is 2. The molecule has 0 atom stereocenters. The number of nitrogens with one attached hydrogen (secondary N) is 2. The van der Waals surface area contributed by atoms with Crippen LogP contribution in [0, 0.1) is 6.92 Å². The van der Waals surface area contributed by atoms with E-state index in [4.69, 9.17) is 11.6 Å². The summed E-state index contributed by atoms with van der Waals surface area (Å²) in [7, 11) is -3.66. The van der Waals surface area contributed by atoms with Crippen molar-refractivity contribution in [3.05, 3.63) is 71.3 Å². The summed E-state index contributed by atoms with van der Waals surface area (Å²) in [6.07, 6.45) is 6.66. The van der Waals surface area contributed by atoms with Crippen molar-refractivity contribution in [1.82, 2.24) is 19.2 Å². The van der Waals surface area contributed by atoms with E-state index in [2.05, 4.69) is 33.8 Å². The molecule has 35 heavy (non-hydrogen) atoms. The SMILES string of the molecule is CCCN(CCC)CCCNS(=O)(=O)c1ccc(NCc2ccc(-n3ccnc3C)cc2)cc1Cl. The Hall–Kier alpha value is -2.39. The van der Waals surface area contributed by atoms with Crippen LogP contribution in [0.4, 0.5) is 5.69 Å². The Morgan fingerprint density at radius 3 is 2.34 bits per heavy atom. The van der Waals surface area contributed by atoms with Crippen molar-refractivity contribution < 1.29 is 8.42 Å². The highest BCUT2D eigenvalue weighted by atomic mass is 35.5. The van der Waals surface area contributed by atoms with Gasteiger partial charge in [-0.2, -0.15) is 0 Å². The minimum Gasteiger partial charge on any atom is -0.381 e. The highest BCUT2D eigenvalue weighted by Gasteiger charge is 2.18. The van der Waals surface area contributed by atoms with Gasteiger partial charge in [-0.25, -0.2) is 18.1 Å². The lowest BCUT2D eigenvalue weighted by molar-refractivity contribution is 0.272. The Labute approximate surface area is 214 Å². The first-order valence-corrected chi connectivity index (χ1v) is 14.0. The van der Waals surface area contributed by atoms with Crippen LogP contribution in [0.5, 0.6) is 0 Å². The molecule has 0 spiro atoms. The van der Waals surface area contributed by atoms with Crippen LogP contribution in [0.2, 0.25) is 5.02 Å². The van der Waals surface area contributed by atoms with E-state index in [-0.39, 0.29) is 9.92 Å². The molecule has 0 fully saturated rings. The molecule has 0 unspecified atom stereocenters. The van der Waals surface area contributed by atoms with E-state index >= 15 is 0 Å². The van der Waals surface area contributed by atoms with Gasteiger partial charge in [-0.1, -0.05) is 37.6 Å². The predicted molar refractivity (Wildman–Crippen MR) is 144 cm³/mol. The van der Waals surface area contributed by atoms with Gasteiger partial charge in [0, 0.05) is 36.9 Å². The van der Waals surface area contributed by atoms with E-state index in [9.17, 15) is 8.42 Å². The molecule has 3 aromatic rings. The molecule has 0 aliphatic rings. The number of benzene rings is 2. The fourth-order valence-electron chi connectivity index (χ4n) is 4.01. The van der Waals surface area contributed by atoms with Gasteiger partial charge in [0.1, 0.15) is 10.7 Å². The van der Waals surface area contributed by atoms with E-state index in [1.54, 1.807) is 24.4 Å². The minimum atomic E-state index is -3.66. The Morgan fingerprint density at radius 2 is 1.74 bits per heavy atom. The van der Waals surface area contributed by atoms with Gasteiger partial charge in [0.2, 0.25) is 10.0 Å². The second-order valence-corrected chi connectivity index (χ2v) is 10.7. The average Bonchev–Trinajstić information content (AvgIpc) is 3.26. The van der Waals surface area contributed by atoms with E-state index in [1.165, 1.54) is 0 Å². The van der Waals surface area contributed by atoms with Gasteiger partial charge in [0.15, 0.2) is 0 Å². The van der Waals surface area contributed by atoms with Crippen molar-refractivity contribution in [1.29, 1.82) is 0 Å². The third-order valence-electron chi connectivity index (χ3n) is 5.78. The van der Waals surface area contributed by atoms with Crippen LogP contribution in [-0.4, -0.2) is 49.0 Å². The number of sulfonamides is 1. The molecular weight excluding hydrogens is 482 g/mol. The quantitative estimate of drug-likeness (QED) is 0.286. The topological polar surface area (TPSA) is 79.3 Å². The number of nitrogens with zero attached hydrogens (tertiary/aromatic N) is 3. The Balaban J connectivity index is 1.53. The van der Waals surface area contributed by atoms with Gasteiger partial charge in [-0.15, -0.1) is 0 Å². The largest absolute Gasteiger partial charge is 0.381 e. The predicted octanol–water partition coefficient (Wildman–Crippen LogP) is 5.24. The van der Waals surface area contributed by atoms with Gasteiger partial charge >= 0.3 is 0 Å². The third kappa shape index (κ3) is 7.80. The Kier molecular flexibility index (Phi) is 10.2. The van der Waals surface area contributed by atoms with Gasteiger partial charge in [0.25, 0.3) is 0 Å². The van der Waals surface area contributed by atoms with Crippen molar-refractivity contribution in [2.24, 2.45) is 0 Å². The van der Waals surface area contributed by atoms with Gasteiger partial charge in [0.05, 0.1) is 5.02 Å². The first-order valence-electron chi connectivity index (χ1n) is 12.2. The number of rotatable bonds is 14. The summed E-state index contributed by atoms with van der Waals surface area (Å²) in [5.74, 6) is 0.935. The van der Waals surface area contributed by atoms with E-state index < -0.39 is 10.0 Å². The third-order valence-corrected chi connectivity index (χ3v) is 7.73. The number of hydrogen-bond acceptors (Lipinski definition) is 5. The zero-order valence-electron chi connectivity index (χ0n) is 20.8. The van der Waals surface area contributed by atoms with Crippen LogP contribution in [0.1, 0.15) is 44.5 Å². The van der Waals surface area contributed by atoms with E-state index in [0.29, 0.717) is 13.1 Å². The summed E-state index contributed by atoms with van der Waals surface area (Å²) in [5, 5.41) is 3.51. The molecule has 0 radical (unpaired) electrons. The monoisotopic (exact) mass is 517 g/mol. The van der Waals surface area contributed by atoms with Crippen molar-refractivity contribution in [3.8, 4) is 5.69 Å². The van der Waals surface area contributed by atoms with Crippen molar-refractivity contribution in [2.45, 2.75) is 51.5 Å². The molecule has 2 N–H and O–H groups in total. The van der Waals surface area contributed by atoms with Crippen LogP contribution in [0.3, 0.4) is 0 Å². The molecule has 0 aliphatic heterocycles. The maximum absolute atomic E-state index is 12.8. The number of hydrogen-bond donors (Lipinski definition) is 2. The first kappa shape index (κ1) is 27.2. The molecule has 9 heteroatoms. The fourth-order valence-corrected chi connectivity index (χ4v) is 5.63. The highest BCUT2D eigenvalue weighted by molar-refractivity contribution is 7.89. The average molecular weight is 518 g/mol. The van der Waals surface area contributed by atoms with Crippen molar-refractivity contribution in [2.75, 3.05) is 31.5 Å². The lowest BCUT2D eigenvalue weighted by atomic mass is 10.2. The van der Waals surface area contributed by atoms with Crippen molar-refractivity contribution in [3.63, 3.8) is 0 Å². The molecule has 7 nitrogen and oxygen atoms in total. The van der Waals surface area contributed by atoms with Crippen LogP contribution in [0.15, 0.2) is 59.8 Å². The second-order valence-electron chi connectivity index (χ2n) is 8.60. The lowest BCUT2D eigenvalue weighted by Crippen LogP contribution is -2.31. The molecule has 190 valence electrons. The van der Waals surface area contributed by atoms with Crippen LogP contribution in [0.25, 0.3) is 5.69 Å². The zero-order valence-corrected chi connectivity index (χ0v) is 22.4. The van der Waals surface area contributed by atoms with Crippen molar-refractivity contribution >= 4 is 27.3 Å². The molecule has 0 saturated carbocycles. The number of anilines is 1. The summed E-state index contributed by atoms with van der Waals surface area (Å²) in [6.45, 7) is 10.2. The normalized spacial score (nSPS) is 11.8. The number of halogens is 1. The smallest absolute Gasteiger partial charge is 0.242 e. The lowest BCUT2D eigenvalue weighted by Gasteiger charge is -2.20. The first-order chi connectivity index (χ1) is 16.8. The number of aryl methyl sites for hydroxylation is 1. The maximum atomic E-state index is 12.8. The van der Waals surface area contributed by atoms with Gasteiger partial charge < -0.3 is 14.8 Å². The highest BCUT2D eigenvalue weighted by Crippen LogP contribution is 2.25. The Morgan fingerprint density at radius 1 is 1.03 bits per heavy atom. The van der Waals surface area contributed by atoms with E-state index in [1.807, 2.05) is 42.0 Å². The molecule has 2 aromatic carbocycles. The molecule has 1 heterocycles. The van der Waals surface area contributed by atoms with Gasteiger partial charge in [-0.3, -0.25) is 0 Å². The Bertz CT molecular complexity index is 1170. The molecule has 0 amide bonds. The number of imidazole rings is 1. The van der Waals surface area contributed by atoms with Crippen LogP contribution in [-0.2, 0) is 16.6 Å². The summed E-state index contributed by atoms with van der Waals surface area (Å²) in [5.41, 5.74) is 2.91. The van der Waals surface area contributed by atoms with E-state index in [0.717, 1.165) is 61.7 Å². The van der Waals surface area contributed by atoms with Crippen LogP contribution < -0.4 is 10.0 Å². The summed E-state index contributed by atoms with van der Waals surface area (Å²) in [6, 6.07) is 13.1. The van der Waals surface area contributed by atoms with Gasteiger partial charge in [-0.05, 0) is 81.7 Å². The minimum absolute atomic E-state index is 0.101. The fraction of sp³-hybridized carbons (Fsp3) is 0.423. The summed E-state index contributed by atoms with van der Waals surface area (Å²) >= 11 is 6.36. The molecule has 3 rings (SSSR count). The zero-order chi connectivity index (χ0) is 25.3. The summed E-state index contributed by atoms with van der Waals surface area (Å²) < 4.78 is 30.2. The molecular formula is C26H36ClN5O2S. The van der Waals surface area contributed by atoms with Crippen LogP contribution >= 0.6 is 11.6 Å². The molecule has 0 aliphatic carbocycles. The maximum Gasteiger partial charge on any atom is 0.242 e. The molecule has 0 saturated heterocycles.